The highest BCUT2D eigenvalue weighted by molar-refractivity contribution is 7.89. The van der Waals surface area contributed by atoms with Crippen LogP contribution in [0.3, 0.4) is 0 Å². The van der Waals surface area contributed by atoms with E-state index in [4.69, 9.17) is 0 Å². The van der Waals surface area contributed by atoms with Crippen LogP contribution in [-0.2, 0) is 16.6 Å². The van der Waals surface area contributed by atoms with E-state index < -0.39 is 25.5 Å². The Bertz CT molecular complexity index is 742. The largest absolute Gasteiger partial charge is 0.383 e. The van der Waals surface area contributed by atoms with Crippen LogP contribution in [0.5, 0.6) is 0 Å². The maximum atomic E-state index is 12.2. The maximum Gasteiger partial charge on any atom is 0.312 e. The fourth-order valence-electron chi connectivity index (χ4n) is 1.70. The Balaban J connectivity index is 2.37. The lowest BCUT2D eigenvalue weighted by atomic mass is 10.3. The smallest absolute Gasteiger partial charge is 0.312 e. The Morgan fingerprint density at radius 3 is 2.71 bits per heavy atom. The number of para-hydroxylation sites is 1. The Kier molecular flexibility index (Phi) is 4.19. The second-order valence-electron chi connectivity index (χ2n) is 3.97. The molecule has 0 bridgehead atoms. The van der Waals surface area contributed by atoms with Crippen LogP contribution in [0.15, 0.2) is 39.9 Å². The molecule has 0 radical (unpaired) electrons. The molecule has 0 saturated heterocycles. The van der Waals surface area contributed by atoms with Gasteiger partial charge in [-0.2, -0.15) is 0 Å². The van der Waals surface area contributed by atoms with Gasteiger partial charge in [-0.15, -0.1) is 0 Å². The van der Waals surface area contributed by atoms with E-state index in [2.05, 4.69) is 19.7 Å². The van der Waals surface area contributed by atoms with Gasteiger partial charge in [0.1, 0.15) is 12.0 Å². The number of sulfonamides is 1. The van der Waals surface area contributed by atoms with Gasteiger partial charge in [-0.25, -0.2) is 13.1 Å². The van der Waals surface area contributed by atoms with E-state index in [1.807, 2.05) is 0 Å². The van der Waals surface area contributed by atoms with Gasteiger partial charge in [0.25, 0.3) is 0 Å². The summed E-state index contributed by atoms with van der Waals surface area (Å²) in [6.45, 7) is -0.125. The molecule has 0 aliphatic rings. The van der Waals surface area contributed by atoms with Crippen molar-refractivity contribution in [3.63, 3.8) is 0 Å². The van der Waals surface area contributed by atoms with Gasteiger partial charge in [-0.3, -0.25) is 10.1 Å². The van der Waals surface area contributed by atoms with Crippen molar-refractivity contribution >= 4 is 21.4 Å². The normalized spacial score (nSPS) is 11.3. The molecule has 0 aliphatic heterocycles. The Labute approximate surface area is 120 Å². The molecule has 21 heavy (non-hydrogen) atoms. The molecule has 0 atom stereocenters. The third-order valence-corrected chi connectivity index (χ3v) is 4.11. The Hall–Kier alpha value is -2.46. The zero-order valence-electron chi connectivity index (χ0n) is 10.9. The Morgan fingerprint density at radius 2 is 2.14 bits per heavy atom. The molecular formula is C11H12N4O5S. The predicted octanol–water partition coefficient (Wildman–Crippen LogP) is 1.10. The molecule has 1 aromatic heterocycles. The van der Waals surface area contributed by atoms with Crippen LogP contribution in [0, 0.1) is 10.1 Å². The van der Waals surface area contributed by atoms with E-state index in [1.165, 1.54) is 37.6 Å². The summed E-state index contributed by atoms with van der Waals surface area (Å²) in [5, 5.41) is 17.3. The fraction of sp³-hybridized carbons (Fsp3) is 0.182. The molecule has 2 aromatic rings. The van der Waals surface area contributed by atoms with Crippen molar-refractivity contribution in [1.29, 1.82) is 0 Å². The second-order valence-corrected chi connectivity index (χ2v) is 5.71. The monoisotopic (exact) mass is 312 g/mol. The number of hydrogen-bond acceptors (Lipinski definition) is 7. The number of nitrogens with one attached hydrogen (secondary N) is 2. The van der Waals surface area contributed by atoms with Gasteiger partial charge in [-0.1, -0.05) is 11.2 Å². The number of anilines is 1. The van der Waals surface area contributed by atoms with Crippen LogP contribution < -0.4 is 10.0 Å². The molecule has 10 heteroatoms. The topological polar surface area (TPSA) is 127 Å². The van der Waals surface area contributed by atoms with Crippen molar-refractivity contribution in [3.05, 3.63) is 46.3 Å². The molecule has 9 nitrogen and oxygen atoms in total. The number of nitro benzene ring substituents is 1. The van der Waals surface area contributed by atoms with Crippen LogP contribution in [0.25, 0.3) is 0 Å². The summed E-state index contributed by atoms with van der Waals surface area (Å²) >= 11 is 0. The first-order valence-electron chi connectivity index (χ1n) is 5.80. The number of hydrogen-bond donors (Lipinski definition) is 2. The van der Waals surface area contributed by atoms with Gasteiger partial charge in [0, 0.05) is 13.1 Å². The molecule has 2 N–H and O–H groups in total. The van der Waals surface area contributed by atoms with E-state index in [1.54, 1.807) is 0 Å². The van der Waals surface area contributed by atoms with Gasteiger partial charge < -0.3 is 9.84 Å². The van der Waals surface area contributed by atoms with Gasteiger partial charge in [0.2, 0.25) is 10.0 Å². The van der Waals surface area contributed by atoms with Gasteiger partial charge in [0.05, 0.1) is 17.2 Å². The standard InChI is InChI=1S/C11H12N4O5S/c1-12-9-3-2-4-10(11(9)15(16)17)21(18,19)13-7-8-5-6-20-14-8/h2-6,12-13H,7H2,1H3. The first-order chi connectivity index (χ1) is 9.95. The van der Waals surface area contributed by atoms with E-state index in [0.717, 1.165) is 0 Å². The average Bonchev–Trinajstić information content (AvgIpc) is 2.97. The third-order valence-electron chi connectivity index (χ3n) is 2.67. The highest BCUT2D eigenvalue weighted by atomic mass is 32.2. The fourth-order valence-corrected chi connectivity index (χ4v) is 2.89. The average molecular weight is 312 g/mol. The lowest BCUT2D eigenvalue weighted by Gasteiger charge is -2.08. The van der Waals surface area contributed by atoms with Gasteiger partial charge in [0.15, 0.2) is 4.90 Å². The Morgan fingerprint density at radius 1 is 1.38 bits per heavy atom. The van der Waals surface area contributed by atoms with E-state index >= 15 is 0 Å². The predicted molar refractivity (Wildman–Crippen MR) is 73.2 cm³/mol. The van der Waals surface area contributed by atoms with E-state index in [9.17, 15) is 18.5 Å². The van der Waals surface area contributed by atoms with Crippen LogP contribution in [0.1, 0.15) is 5.69 Å². The second kappa shape index (κ2) is 5.89. The molecule has 0 saturated carbocycles. The van der Waals surface area contributed by atoms with Crippen molar-refractivity contribution in [2.45, 2.75) is 11.4 Å². The number of benzene rings is 1. The van der Waals surface area contributed by atoms with Crippen molar-refractivity contribution in [2.75, 3.05) is 12.4 Å². The zero-order chi connectivity index (χ0) is 15.5. The third kappa shape index (κ3) is 3.17. The summed E-state index contributed by atoms with van der Waals surface area (Å²) in [7, 11) is -2.58. The lowest BCUT2D eigenvalue weighted by molar-refractivity contribution is -0.386. The first-order valence-corrected chi connectivity index (χ1v) is 7.28. The molecule has 112 valence electrons. The van der Waals surface area contributed by atoms with Crippen molar-refractivity contribution < 1.29 is 17.9 Å². The highest BCUT2D eigenvalue weighted by Crippen LogP contribution is 2.31. The highest BCUT2D eigenvalue weighted by Gasteiger charge is 2.28. The quantitative estimate of drug-likeness (QED) is 0.604. The SMILES string of the molecule is CNc1cccc(S(=O)(=O)NCc2ccon2)c1[N+](=O)[O-]. The molecule has 2 rings (SSSR count). The van der Waals surface area contributed by atoms with E-state index in [0.29, 0.717) is 5.69 Å². The number of rotatable bonds is 6. The van der Waals surface area contributed by atoms with E-state index in [-0.39, 0.29) is 12.2 Å². The lowest BCUT2D eigenvalue weighted by Crippen LogP contribution is -2.24. The van der Waals surface area contributed by atoms with Crippen molar-refractivity contribution in [1.82, 2.24) is 9.88 Å². The molecule has 0 fully saturated rings. The summed E-state index contributed by atoms with van der Waals surface area (Å²) in [6, 6.07) is 5.50. The minimum Gasteiger partial charge on any atom is -0.383 e. The zero-order valence-corrected chi connectivity index (χ0v) is 11.8. The number of aromatic nitrogens is 1. The minimum atomic E-state index is -4.06. The molecule has 0 spiro atoms. The van der Waals surface area contributed by atoms with Gasteiger partial charge >= 0.3 is 5.69 Å². The van der Waals surface area contributed by atoms with Gasteiger partial charge in [-0.05, 0) is 12.1 Å². The summed E-state index contributed by atoms with van der Waals surface area (Å²) < 4.78 is 31.3. The van der Waals surface area contributed by atoms with Crippen LogP contribution in [-0.4, -0.2) is 25.5 Å². The molecular weight excluding hydrogens is 300 g/mol. The summed E-state index contributed by atoms with van der Waals surface area (Å²) in [5.74, 6) is 0. The number of nitro groups is 1. The summed E-state index contributed by atoms with van der Waals surface area (Å²) in [4.78, 5) is 9.97. The maximum absolute atomic E-state index is 12.2. The van der Waals surface area contributed by atoms with Crippen molar-refractivity contribution in [3.8, 4) is 0 Å². The molecule has 0 aliphatic carbocycles. The number of nitrogens with zero attached hydrogens (tertiary/aromatic N) is 2. The first kappa shape index (κ1) is 14.9. The molecule has 0 unspecified atom stereocenters. The molecule has 1 heterocycles. The summed E-state index contributed by atoms with van der Waals surface area (Å²) in [6.07, 6.45) is 1.30. The van der Waals surface area contributed by atoms with Crippen molar-refractivity contribution in [2.24, 2.45) is 0 Å². The molecule has 0 amide bonds. The minimum absolute atomic E-state index is 0.115. The molecule has 1 aromatic carbocycles. The summed E-state index contributed by atoms with van der Waals surface area (Å²) in [5.41, 5.74) is -0.0250. The van der Waals surface area contributed by atoms with Crippen LogP contribution in [0.4, 0.5) is 11.4 Å². The van der Waals surface area contributed by atoms with Crippen LogP contribution in [0.2, 0.25) is 0 Å². The van der Waals surface area contributed by atoms with Crippen LogP contribution >= 0.6 is 0 Å².